The predicted molar refractivity (Wildman–Crippen MR) is 80.1 cm³/mol. The van der Waals surface area contributed by atoms with Crippen molar-refractivity contribution in [2.75, 3.05) is 11.4 Å². The molecule has 1 aromatic rings. The van der Waals surface area contributed by atoms with E-state index in [0.717, 1.165) is 12.1 Å². The zero-order valence-electron chi connectivity index (χ0n) is 11.7. The number of carboxylic acid groups (broad SMARTS) is 1. The van der Waals surface area contributed by atoms with Gasteiger partial charge in [0.1, 0.15) is 11.5 Å². The highest BCUT2D eigenvalue weighted by Gasteiger charge is 2.24. The van der Waals surface area contributed by atoms with Crippen LogP contribution in [-0.2, 0) is 4.79 Å². The highest BCUT2D eigenvalue weighted by Crippen LogP contribution is 2.34. The molecular formula is C13H16BrFN2O4. The molecule has 0 heterocycles. The van der Waals surface area contributed by atoms with E-state index in [1.165, 1.54) is 0 Å². The van der Waals surface area contributed by atoms with Crippen molar-refractivity contribution in [2.24, 2.45) is 0 Å². The first-order valence-electron chi connectivity index (χ1n) is 6.36. The van der Waals surface area contributed by atoms with Crippen LogP contribution in [0.15, 0.2) is 16.6 Å². The number of rotatable bonds is 7. The fraction of sp³-hybridized carbons (Fsp3) is 0.462. The van der Waals surface area contributed by atoms with Gasteiger partial charge < -0.3 is 10.0 Å². The minimum atomic E-state index is -0.935. The maximum atomic E-state index is 13.7. The van der Waals surface area contributed by atoms with E-state index < -0.39 is 16.7 Å². The van der Waals surface area contributed by atoms with Crippen LogP contribution in [0.3, 0.4) is 0 Å². The van der Waals surface area contributed by atoms with E-state index in [4.69, 9.17) is 5.11 Å². The lowest BCUT2D eigenvalue weighted by Crippen LogP contribution is -2.32. The summed E-state index contributed by atoms with van der Waals surface area (Å²) >= 11 is 2.93. The van der Waals surface area contributed by atoms with E-state index in [1.54, 1.807) is 4.90 Å². The van der Waals surface area contributed by atoms with Crippen LogP contribution >= 0.6 is 15.9 Å². The Balaban J connectivity index is 3.15. The van der Waals surface area contributed by atoms with Crippen molar-refractivity contribution in [3.8, 4) is 0 Å². The maximum absolute atomic E-state index is 13.7. The molecule has 0 fully saturated rings. The molecule has 0 amide bonds. The summed E-state index contributed by atoms with van der Waals surface area (Å²) in [7, 11) is 0. The molecule has 0 aliphatic rings. The van der Waals surface area contributed by atoms with Gasteiger partial charge >= 0.3 is 5.97 Å². The van der Waals surface area contributed by atoms with E-state index in [0.29, 0.717) is 13.0 Å². The molecule has 0 aliphatic carbocycles. The maximum Gasteiger partial charge on any atom is 0.303 e. The molecule has 116 valence electrons. The number of hydrogen-bond acceptors (Lipinski definition) is 4. The molecule has 1 N–H and O–H groups in total. The topological polar surface area (TPSA) is 83.7 Å². The summed E-state index contributed by atoms with van der Waals surface area (Å²) in [5, 5.41) is 19.8. The summed E-state index contributed by atoms with van der Waals surface area (Å²) in [6, 6.07) is 2.10. The minimum absolute atomic E-state index is 0.0205. The molecule has 21 heavy (non-hydrogen) atoms. The summed E-state index contributed by atoms with van der Waals surface area (Å²) in [6.45, 7) is 3.92. The number of benzene rings is 1. The van der Waals surface area contributed by atoms with Gasteiger partial charge in [-0.15, -0.1) is 0 Å². The molecule has 0 aromatic heterocycles. The quantitative estimate of drug-likeness (QED) is 0.591. The molecule has 0 bridgehead atoms. The Kier molecular flexibility index (Phi) is 6.07. The smallest absolute Gasteiger partial charge is 0.303 e. The molecule has 8 heteroatoms. The van der Waals surface area contributed by atoms with E-state index >= 15 is 0 Å². The van der Waals surface area contributed by atoms with Gasteiger partial charge in [-0.3, -0.25) is 14.9 Å². The van der Waals surface area contributed by atoms with Crippen LogP contribution in [0.4, 0.5) is 15.8 Å². The van der Waals surface area contributed by atoms with Crippen molar-refractivity contribution >= 4 is 33.3 Å². The number of anilines is 1. The number of aliphatic carboxylic acids is 1. The monoisotopic (exact) mass is 362 g/mol. The van der Waals surface area contributed by atoms with Crippen molar-refractivity contribution in [1.29, 1.82) is 0 Å². The Bertz CT molecular complexity index is 551. The average molecular weight is 363 g/mol. The standard InChI is InChI=1S/C13H16BrFN2O4/c1-8(2)16(5-3-4-13(18)19)11-7-10(15)9(14)6-12(11)17(20)21/h6-8H,3-5H2,1-2H3,(H,18,19). The number of nitro benzene ring substituents is 1. The average Bonchev–Trinajstić information content (AvgIpc) is 2.36. The third-order valence-corrected chi connectivity index (χ3v) is 3.54. The SMILES string of the molecule is CC(C)N(CCCC(=O)O)c1cc(F)c(Br)cc1[N+](=O)[O-]. The number of nitrogens with zero attached hydrogens (tertiary/aromatic N) is 2. The third kappa shape index (κ3) is 4.66. The summed E-state index contributed by atoms with van der Waals surface area (Å²) in [5.41, 5.74) is -0.0617. The van der Waals surface area contributed by atoms with Gasteiger partial charge in [-0.05, 0) is 36.2 Å². The molecular weight excluding hydrogens is 347 g/mol. The number of halogens is 2. The molecule has 0 unspecified atom stereocenters. The van der Waals surface area contributed by atoms with Gasteiger partial charge in [-0.2, -0.15) is 0 Å². The van der Waals surface area contributed by atoms with Crippen molar-refractivity contribution in [3.63, 3.8) is 0 Å². The first kappa shape index (κ1) is 17.4. The number of nitro groups is 1. The second-order valence-corrected chi connectivity index (χ2v) is 5.65. The number of carboxylic acids is 1. The molecule has 1 rings (SSSR count). The van der Waals surface area contributed by atoms with E-state index in [9.17, 15) is 19.3 Å². The lowest BCUT2D eigenvalue weighted by atomic mass is 10.1. The number of carbonyl (C=O) groups is 1. The van der Waals surface area contributed by atoms with Crippen molar-refractivity contribution in [1.82, 2.24) is 0 Å². The molecule has 1 aromatic carbocycles. The Morgan fingerprint density at radius 1 is 1.52 bits per heavy atom. The number of hydrogen-bond donors (Lipinski definition) is 1. The zero-order chi connectivity index (χ0) is 16.2. The third-order valence-electron chi connectivity index (χ3n) is 2.94. The first-order chi connectivity index (χ1) is 9.73. The highest BCUT2D eigenvalue weighted by atomic mass is 79.9. The van der Waals surface area contributed by atoms with Crippen LogP contribution in [0, 0.1) is 15.9 Å². The lowest BCUT2D eigenvalue weighted by Gasteiger charge is -2.28. The van der Waals surface area contributed by atoms with Gasteiger partial charge in [-0.1, -0.05) is 0 Å². The van der Waals surface area contributed by atoms with Gasteiger partial charge in [0.15, 0.2) is 0 Å². The van der Waals surface area contributed by atoms with Crippen molar-refractivity contribution < 1.29 is 19.2 Å². The highest BCUT2D eigenvalue weighted by molar-refractivity contribution is 9.10. The lowest BCUT2D eigenvalue weighted by molar-refractivity contribution is -0.384. The predicted octanol–water partition coefficient (Wildman–Crippen LogP) is 3.58. The second-order valence-electron chi connectivity index (χ2n) is 4.80. The molecule has 0 aliphatic heterocycles. The van der Waals surface area contributed by atoms with Gasteiger partial charge in [-0.25, -0.2) is 4.39 Å². The summed E-state index contributed by atoms with van der Waals surface area (Å²) in [6.07, 6.45) is 0.276. The molecule has 0 saturated carbocycles. The van der Waals surface area contributed by atoms with E-state index in [-0.39, 0.29) is 28.3 Å². The van der Waals surface area contributed by atoms with Crippen LogP contribution in [0.2, 0.25) is 0 Å². The zero-order valence-corrected chi connectivity index (χ0v) is 13.3. The molecule has 0 spiro atoms. The fourth-order valence-electron chi connectivity index (χ4n) is 1.96. The minimum Gasteiger partial charge on any atom is -0.481 e. The Hall–Kier alpha value is -1.70. The Morgan fingerprint density at radius 2 is 2.14 bits per heavy atom. The second kappa shape index (κ2) is 7.35. The van der Waals surface area contributed by atoms with Crippen LogP contribution in [-0.4, -0.2) is 28.6 Å². The Labute approximate surface area is 129 Å². The first-order valence-corrected chi connectivity index (χ1v) is 7.15. The van der Waals surface area contributed by atoms with Crippen LogP contribution in [0.1, 0.15) is 26.7 Å². The van der Waals surface area contributed by atoms with Crippen LogP contribution in [0.25, 0.3) is 0 Å². The van der Waals surface area contributed by atoms with E-state index in [1.807, 2.05) is 13.8 Å². The molecule has 0 saturated heterocycles. The normalized spacial score (nSPS) is 10.7. The Morgan fingerprint density at radius 3 is 2.62 bits per heavy atom. The molecule has 6 nitrogen and oxygen atoms in total. The van der Waals surface area contributed by atoms with Gasteiger partial charge in [0.25, 0.3) is 5.69 Å². The van der Waals surface area contributed by atoms with Crippen LogP contribution in [0.5, 0.6) is 0 Å². The largest absolute Gasteiger partial charge is 0.481 e. The van der Waals surface area contributed by atoms with Gasteiger partial charge in [0, 0.05) is 31.1 Å². The molecule has 0 radical (unpaired) electrons. The van der Waals surface area contributed by atoms with Crippen LogP contribution < -0.4 is 4.90 Å². The van der Waals surface area contributed by atoms with Gasteiger partial charge in [0.05, 0.1) is 9.40 Å². The van der Waals surface area contributed by atoms with Crippen molar-refractivity contribution in [3.05, 3.63) is 32.5 Å². The van der Waals surface area contributed by atoms with Crippen molar-refractivity contribution in [2.45, 2.75) is 32.7 Å². The summed E-state index contributed by atoms with van der Waals surface area (Å²) in [5.74, 6) is -1.53. The fourth-order valence-corrected chi connectivity index (χ4v) is 2.29. The summed E-state index contributed by atoms with van der Waals surface area (Å²) < 4.78 is 13.7. The molecule has 0 atom stereocenters. The van der Waals surface area contributed by atoms with E-state index in [2.05, 4.69) is 15.9 Å². The van der Waals surface area contributed by atoms with Gasteiger partial charge in [0.2, 0.25) is 0 Å². The summed E-state index contributed by atoms with van der Waals surface area (Å²) in [4.78, 5) is 22.8.